The van der Waals surface area contributed by atoms with Gasteiger partial charge in [0.25, 0.3) is 11.8 Å². The molecule has 0 atom stereocenters. The van der Waals surface area contributed by atoms with Crippen molar-refractivity contribution in [2.75, 3.05) is 17.2 Å². The maximum atomic E-state index is 12.4. The van der Waals surface area contributed by atoms with Gasteiger partial charge in [-0.25, -0.2) is 0 Å². The average Bonchev–Trinajstić information content (AvgIpc) is 2.71. The average molecular weight is 464 g/mol. The Morgan fingerprint density at radius 2 is 1.47 bits per heavy atom. The zero-order chi connectivity index (χ0) is 21.7. The monoisotopic (exact) mass is 462 g/mol. The molecule has 3 rings (SSSR count). The highest BCUT2D eigenvalue weighted by Gasteiger charge is 2.13. The van der Waals surface area contributed by atoms with E-state index in [2.05, 4.69) is 10.6 Å². The molecule has 5 nitrogen and oxygen atoms in total. The van der Waals surface area contributed by atoms with Crippen molar-refractivity contribution < 1.29 is 14.3 Å². The Kier molecular flexibility index (Phi) is 7.21. The van der Waals surface area contributed by atoms with Crippen LogP contribution in [0.3, 0.4) is 0 Å². The predicted molar refractivity (Wildman–Crippen MR) is 121 cm³/mol. The van der Waals surface area contributed by atoms with Crippen LogP contribution in [0, 0.1) is 6.92 Å². The van der Waals surface area contributed by atoms with E-state index in [0.29, 0.717) is 22.0 Å². The molecule has 0 heterocycles. The Bertz CT molecular complexity index is 1040. The SMILES string of the molecule is Cc1ccc(NC(=O)COc2ccc(C(=O)Nc3c(Cl)cc(Cl)cc3Cl)cc2)cc1. The van der Waals surface area contributed by atoms with E-state index in [4.69, 9.17) is 39.5 Å². The fourth-order valence-electron chi connectivity index (χ4n) is 2.53. The summed E-state index contributed by atoms with van der Waals surface area (Å²) in [5.41, 5.74) is 2.45. The highest BCUT2D eigenvalue weighted by Crippen LogP contribution is 2.34. The quantitative estimate of drug-likeness (QED) is 0.456. The molecule has 0 spiro atoms. The number of hydrogen-bond acceptors (Lipinski definition) is 3. The summed E-state index contributed by atoms with van der Waals surface area (Å²) >= 11 is 18.0. The van der Waals surface area contributed by atoms with E-state index in [1.54, 1.807) is 24.3 Å². The summed E-state index contributed by atoms with van der Waals surface area (Å²) in [5, 5.41) is 6.25. The molecule has 2 N–H and O–H groups in total. The molecule has 0 aromatic heterocycles. The van der Waals surface area contributed by atoms with Gasteiger partial charge in [-0.05, 0) is 55.5 Å². The lowest BCUT2D eigenvalue weighted by atomic mass is 10.2. The van der Waals surface area contributed by atoms with Gasteiger partial charge in [0.2, 0.25) is 0 Å². The van der Waals surface area contributed by atoms with E-state index in [0.717, 1.165) is 5.56 Å². The first-order chi connectivity index (χ1) is 14.3. The number of ether oxygens (including phenoxy) is 1. The molecular weight excluding hydrogens is 447 g/mol. The molecule has 30 heavy (non-hydrogen) atoms. The van der Waals surface area contributed by atoms with Crippen molar-refractivity contribution in [1.29, 1.82) is 0 Å². The zero-order valence-electron chi connectivity index (χ0n) is 15.8. The van der Waals surface area contributed by atoms with Crippen LogP contribution in [0.4, 0.5) is 11.4 Å². The van der Waals surface area contributed by atoms with E-state index >= 15 is 0 Å². The van der Waals surface area contributed by atoms with Gasteiger partial charge in [-0.3, -0.25) is 9.59 Å². The number of anilines is 2. The van der Waals surface area contributed by atoms with Crippen LogP contribution >= 0.6 is 34.8 Å². The second-order valence-electron chi connectivity index (χ2n) is 6.43. The number of aryl methyl sites for hydroxylation is 1. The number of rotatable bonds is 6. The highest BCUT2D eigenvalue weighted by molar-refractivity contribution is 6.42. The Labute approximate surface area is 188 Å². The molecule has 0 fully saturated rings. The number of hydrogen-bond donors (Lipinski definition) is 2. The van der Waals surface area contributed by atoms with Crippen LogP contribution in [-0.2, 0) is 4.79 Å². The molecule has 0 saturated heterocycles. The number of benzene rings is 3. The van der Waals surface area contributed by atoms with E-state index in [1.165, 1.54) is 12.1 Å². The van der Waals surface area contributed by atoms with Gasteiger partial charge in [0.1, 0.15) is 5.75 Å². The van der Waals surface area contributed by atoms with E-state index < -0.39 is 5.91 Å². The maximum Gasteiger partial charge on any atom is 0.262 e. The van der Waals surface area contributed by atoms with Gasteiger partial charge in [-0.15, -0.1) is 0 Å². The smallest absolute Gasteiger partial charge is 0.262 e. The van der Waals surface area contributed by atoms with Crippen LogP contribution < -0.4 is 15.4 Å². The molecule has 3 aromatic carbocycles. The first kappa shape index (κ1) is 22.0. The van der Waals surface area contributed by atoms with Crippen LogP contribution in [-0.4, -0.2) is 18.4 Å². The molecule has 154 valence electrons. The van der Waals surface area contributed by atoms with Gasteiger partial charge >= 0.3 is 0 Å². The minimum Gasteiger partial charge on any atom is -0.484 e. The van der Waals surface area contributed by atoms with E-state index in [9.17, 15) is 9.59 Å². The summed E-state index contributed by atoms with van der Waals surface area (Å²) < 4.78 is 5.47. The third kappa shape index (κ3) is 5.89. The van der Waals surface area contributed by atoms with Crippen LogP contribution in [0.1, 0.15) is 15.9 Å². The van der Waals surface area contributed by atoms with Crippen LogP contribution in [0.25, 0.3) is 0 Å². The van der Waals surface area contributed by atoms with Crippen molar-refractivity contribution in [2.45, 2.75) is 6.92 Å². The Morgan fingerprint density at radius 1 is 0.867 bits per heavy atom. The van der Waals surface area contributed by atoms with Crippen molar-refractivity contribution in [3.63, 3.8) is 0 Å². The Balaban J connectivity index is 1.56. The minimum absolute atomic E-state index is 0.157. The van der Waals surface area contributed by atoms with Gasteiger partial charge in [0.05, 0.1) is 15.7 Å². The molecule has 3 aromatic rings. The number of halogens is 3. The summed E-state index contributed by atoms with van der Waals surface area (Å²) in [4.78, 5) is 24.4. The number of carbonyl (C=O) groups is 2. The van der Waals surface area contributed by atoms with Crippen LogP contribution in [0.2, 0.25) is 15.1 Å². The molecule has 0 bridgehead atoms. The summed E-state index contributed by atoms with van der Waals surface area (Å²) in [6, 6.07) is 16.8. The molecule has 2 amide bonds. The van der Waals surface area contributed by atoms with Crippen molar-refractivity contribution in [1.82, 2.24) is 0 Å². The van der Waals surface area contributed by atoms with Crippen molar-refractivity contribution in [3.8, 4) is 5.75 Å². The fraction of sp³-hybridized carbons (Fsp3) is 0.0909. The van der Waals surface area contributed by atoms with Crippen LogP contribution in [0.5, 0.6) is 5.75 Å². The van der Waals surface area contributed by atoms with Gasteiger partial charge in [-0.2, -0.15) is 0 Å². The maximum absolute atomic E-state index is 12.4. The van der Waals surface area contributed by atoms with Crippen molar-refractivity contribution >= 4 is 58.0 Å². The highest BCUT2D eigenvalue weighted by atomic mass is 35.5. The molecule has 0 saturated carbocycles. The molecule has 0 unspecified atom stereocenters. The first-order valence-electron chi connectivity index (χ1n) is 8.87. The van der Waals surface area contributed by atoms with Crippen LogP contribution in [0.15, 0.2) is 60.7 Å². The lowest BCUT2D eigenvalue weighted by molar-refractivity contribution is -0.118. The number of nitrogens with one attached hydrogen (secondary N) is 2. The second kappa shape index (κ2) is 9.85. The van der Waals surface area contributed by atoms with Gasteiger partial charge < -0.3 is 15.4 Å². The summed E-state index contributed by atoms with van der Waals surface area (Å²) in [6.07, 6.45) is 0. The number of amides is 2. The van der Waals surface area contributed by atoms with E-state index in [1.807, 2.05) is 31.2 Å². The first-order valence-corrected chi connectivity index (χ1v) is 10.0. The zero-order valence-corrected chi connectivity index (χ0v) is 18.1. The third-order valence-corrected chi connectivity index (χ3v) is 4.88. The Hall–Kier alpha value is -2.73. The second-order valence-corrected chi connectivity index (χ2v) is 7.68. The van der Waals surface area contributed by atoms with E-state index in [-0.39, 0.29) is 28.2 Å². The molecule has 0 aliphatic heterocycles. The Morgan fingerprint density at radius 3 is 2.07 bits per heavy atom. The largest absolute Gasteiger partial charge is 0.484 e. The van der Waals surface area contributed by atoms with Gasteiger partial charge in [-0.1, -0.05) is 52.5 Å². The third-order valence-electron chi connectivity index (χ3n) is 4.07. The summed E-state index contributed by atoms with van der Waals surface area (Å²) in [6.45, 7) is 1.81. The molecule has 8 heteroatoms. The standard InChI is InChI=1S/C22H17Cl3N2O3/c1-13-2-6-16(7-3-13)26-20(28)12-30-17-8-4-14(5-9-17)22(29)27-21-18(24)10-15(23)11-19(21)25/h2-11H,12H2,1H3,(H,26,28)(H,27,29). The topological polar surface area (TPSA) is 67.4 Å². The number of carbonyl (C=O) groups excluding carboxylic acids is 2. The van der Waals surface area contributed by atoms with Crippen molar-refractivity contribution in [3.05, 3.63) is 86.9 Å². The fourth-order valence-corrected chi connectivity index (χ4v) is 3.44. The molecule has 0 radical (unpaired) electrons. The van der Waals surface area contributed by atoms with Gasteiger partial charge in [0, 0.05) is 16.3 Å². The lowest BCUT2D eigenvalue weighted by Crippen LogP contribution is -2.20. The van der Waals surface area contributed by atoms with Gasteiger partial charge in [0.15, 0.2) is 6.61 Å². The van der Waals surface area contributed by atoms with Crippen molar-refractivity contribution in [2.24, 2.45) is 0 Å². The normalized spacial score (nSPS) is 10.4. The summed E-state index contributed by atoms with van der Waals surface area (Å²) in [5.74, 6) is -0.231. The lowest BCUT2D eigenvalue weighted by Gasteiger charge is -2.11. The molecule has 0 aliphatic rings. The predicted octanol–water partition coefficient (Wildman–Crippen LogP) is 6.23. The molecular formula is C22H17Cl3N2O3. The molecule has 0 aliphatic carbocycles. The minimum atomic E-state index is -0.398. The summed E-state index contributed by atoms with van der Waals surface area (Å²) in [7, 11) is 0.